The summed E-state index contributed by atoms with van der Waals surface area (Å²) in [6.07, 6.45) is 2.35. The summed E-state index contributed by atoms with van der Waals surface area (Å²) in [5.74, 6) is 1.87. The molecule has 0 unspecified atom stereocenters. The van der Waals surface area contributed by atoms with Crippen LogP contribution in [-0.2, 0) is 21.2 Å². The zero-order valence-electron chi connectivity index (χ0n) is 18.5. The minimum atomic E-state index is -3.52. The highest BCUT2D eigenvalue weighted by atomic mass is 32.2. The molecular weight excluding hydrogens is 432 g/mol. The van der Waals surface area contributed by atoms with Crippen molar-refractivity contribution in [2.75, 3.05) is 40.5 Å². The first-order chi connectivity index (χ1) is 15.4. The largest absolute Gasteiger partial charge is 0.497 e. The Morgan fingerprint density at radius 1 is 1.00 bits per heavy atom. The van der Waals surface area contributed by atoms with Crippen LogP contribution in [0.5, 0.6) is 17.2 Å². The van der Waals surface area contributed by atoms with Crippen molar-refractivity contribution in [3.63, 3.8) is 0 Å². The summed E-state index contributed by atoms with van der Waals surface area (Å²) in [4.78, 5) is 12.5. The second-order valence-electron chi connectivity index (χ2n) is 7.46. The lowest BCUT2D eigenvalue weighted by Gasteiger charge is -2.17. The Balaban J connectivity index is 1.50. The van der Waals surface area contributed by atoms with E-state index in [1.807, 2.05) is 0 Å². The molecule has 0 atom stereocenters. The molecular formula is C23H30N2O6S. The minimum Gasteiger partial charge on any atom is -0.497 e. The van der Waals surface area contributed by atoms with E-state index >= 15 is 0 Å². The Morgan fingerprint density at radius 3 is 2.34 bits per heavy atom. The molecule has 1 aliphatic rings. The Bertz CT molecular complexity index is 1000. The molecule has 9 heteroatoms. The zero-order chi connectivity index (χ0) is 23.0. The van der Waals surface area contributed by atoms with Gasteiger partial charge in [-0.1, -0.05) is 0 Å². The highest BCUT2D eigenvalue weighted by Crippen LogP contribution is 2.27. The highest BCUT2D eigenvalue weighted by molar-refractivity contribution is 7.89. The number of nitrogens with one attached hydrogen (secondary N) is 1. The predicted molar refractivity (Wildman–Crippen MR) is 121 cm³/mol. The van der Waals surface area contributed by atoms with Gasteiger partial charge in [-0.25, -0.2) is 8.42 Å². The van der Waals surface area contributed by atoms with Gasteiger partial charge in [-0.3, -0.25) is 4.79 Å². The Labute approximate surface area is 189 Å². The van der Waals surface area contributed by atoms with Crippen LogP contribution in [-0.4, -0.2) is 59.1 Å². The third-order valence-corrected chi connectivity index (χ3v) is 7.22. The highest BCUT2D eigenvalue weighted by Gasteiger charge is 2.27. The van der Waals surface area contributed by atoms with E-state index in [0.29, 0.717) is 49.7 Å². The Hall–Kier alpha value is -2.78. The lowest BCUT2D eigenvalue weighted by Crippen LogP contribution is -2.28. The molecule has 1 heterocycles. The third-order valence-electron chi connectivity index (χ3n) is 5.33. The van der Waals surface area contributed by atoms with E-state index in [-0.39, 0.29) is 17.2 Å². The van der Waals surface area contributed by atoms with Crippen LogP contribution in [0.25, 0.3) is 0 Å². The van der Waals surface area contributed by atoms with Crippen LogP contribution in [0.2, 0.25) is 0 Å². The van der Waals surface area contributed by atoms with Gasteiger partial charge in [-0.05, 0) is 67.3 Å². The van der Waals surface area contributed by atoms with Crippen LogP contribution in [0.3, 0.4) is 0 Å². The van der Waals surface area contributed by atoms with Gasteiger partial charge in [0, 0.05) is 19.5 Å². The van der Waals surface area contributed by atoms with Gasteiger partial charge in [0.05, 0.1) is 25.7 Å². The Morgan fingerprint density at radius 2 is 1.69 bits per heavy atom. The van der Waals surface area contributed by atoms with Crippen molar-refractivity contribution in [2.45, 2.75) is 30.6 Å². The number of nitrogens with zero attached hydrogens (tertiary/aromatic N) is 1. The van der Waals surface area contributed by atoms with Gasteiger partial charge < -0.3 is 19.5 Å². The fourth-order valence-corrected chi connectivity index (χ4v) is 5.12. The van der Waals surface area contributed by atoms with Gasteiger partial charge in [-0.2, -0.15) is 4.31 Å². The van der Waals surface area contributed by atoms with Crippen LogP contribution in [0.1, 0.15) is 24.8 Å². The van der Waals surface area contributed by atoms with E-state index in [1.165, 1.54) is 11.4 Å². The first-order valence-electron chi connectivity index (χ1n) is 10.6. The van der Waals surface area contributed by atoms with Crippen molar-refractivity contribution >= 4 is 15.9 Å². The van der Waals surface area contributed by atoms with Gasteiger partial charge in [-0.15, -0.1) is 0 Å². The lowest BCUT2D eigenvalue weighted by molar-refractivity contribution is -0.121. The van der Waals surface area contributed by atoms with Crippen LogP contribution in [0.4, 0.5) is 0 Å². The van der Waals surface area contributed by atoms with Crippen molar-refractivity contribution in [2.24, 2.45) is 0 Å². The molecule has 0 saturated carbocycles. The van der Waals surface area contributed by atoms with Crippen molar-refractivity contribution < 1.29 is 27.4 Å². The molecule has 0 radical (unpaired) electrons. The Kier molecular flexibility index (Phi) is 8.35. The number of rotatable bonds is 11. The molecule has 0 spiro atoms. The summed E-state index contributed by atoms with van der Waals surface area (Å²) in [5, 5.41) is 2.82. The summed E-state index contributed by atoms with van der Waals surface area (Å²) in [6, 6.07) is 12.0. The normalized spacial score (nSPS) is 14.2. The molecule has 2 aromatic carbocycles. The first kappa shape index (κ1) is 23.9. The molecule has 32 heavy (non-hydrogen) atoms. The number of benzene rings is 2. The standard InChI is InChI=1S/C23H30N2O6S/c1-29-19-6-8-20(9-7-19)31-16-13-24-23(26)12-5-18-17-21(10-11-22(18)30-2)32(27,28)25-14-3-4-15-25/h6-11,17H,3-5,12-16H2,1-2H3,(H,24,26). The molecule has 174 valence electrons. The number of hydrogen-bond donors (Lipinski definition) is 1. The number of methoxy groups -OCH3 is 2. The number of sulfonamides is 1. The number of amides is 1. The average molecular weight is 463 g/mol. The summed E-state index contributed by atoms with van der Waals surface area (Å²) >= 11 is 0. The number of carbonyl (C=O) groups is 1. The smallest absolute Gasteiger partial charge is 0.243 e. The number of ether oxygens (including phenoxy) is 3. The molecule has 3 rings (SSSR count). The average Bonchev–Trinajstić information content (AvgIpc) is 3.36. The fraction of sp³-hybridized carbons (Fsp3) is 0.435. The van der Waals surface area contributed by atoms with E-state index < -0.39 is 10.0 Å². The molecule has 0 aromatic heterocycles. The summed E-state index contributed by atoms with van der Waals surface area (Å²) < 4.78 is 43.2. The van der Waals surface area contributed by atoms with Gasteiger partial charge >= 0.3 is 0 Å². The number of hydrogen-bond acceptors (Lipinski definition) is 6. The second kappa shape index (κ2) is 11.2. The van der Waals surface area contributed by atoms with Gasteiger partial charge in [0.15, 0.2) is 0 Å². The maximum Gasteiger partial charge on any atom is 0.243 e. The van der Waals surface area contributed by atoms with Crippen molar-refractivity contribution in [3.8, 4) is 17.2 Å². The van der Waals surface area contributed by atoms with E-state index in [0.717, 1.165) is 18.6 Å². The topological polar surface area (TPSA) is 94.2 Å². The molecule has 1 fully saturated rings. The van der Waals surface area contributed by atoms with Crippen LogP contribution >= 0.6 is 0 Å². The van der Waals surface area contributed by atoms with Gasteiger partial charge in [0.2, 0.25) is 15.9 Å². The zero-order valence-corrected chi connectivity index (χ0v) is 19.3. The SMILES string of the molecule is COc1ccc(OCCNC(=O)CCc2cc(S(=O)(=O)N3CCCC3)ccc2OC)cc1. The third kappa shape index (κ3) is 6.14. The lowest BCUT2D eigenvalue weighted by atomic mass is 10.1. The molecule has 1 N–H and O–H groups in total. The second-order valence-corrected chi connectivity index (χ2v) is 9.40. The summed E-state index contributed by atoms with van der Waals surface area (Å²) in [7, 11) is -0.388. The van der Waals surface area contributed by atoms with Crippen molar-refractivity contribution in [3.05, 3.63) is 48.0 Å². The van der Waals surface area contributed by atoms with Crippen LogP contribution in [0.15, 0.2) is 47.4 Å². The quantitative estimate of drug-likeness (QED) is 0.516. The number of carbonyl (C=O) groups excluding carboxylic acids is 1. The molecule has 1 aliphatic heterocycles. The summed E-state index contributed by atoms with van der Waals surface area (Å²) in [5.41, 5.74) is 0.692. The molecule has 0 aliphatic carbocycles. The maximum absolute atomic E-state index is 12.8. The van der Waals surface area contributed by atoms with E-state index in [2.05, 4.69) is 5.32 Å². The fourth-order valence-electron chi connectivity index (χ4n) is 3.56. The van der Waals surface area contributed by atoms with Crippen LogP contribution in [0, 0.1) is 0 Å². The molecule has 2 aromatic rings. The van der Waals surface area contributed by atoms with E-state index in [9.17, 15) is 13.2 Å². The van der Waals surface area contributed by atoms with Gasteiger partial charge in [0.25, 0.3) is 0 Å². The first-order valence-corrected chi connectivity index (χ1v) is 12.1. The number of aryl methyl sites for hydroxylation is 1. The molecule has 1 amide bonds. The van der Waals surface area contributed by atoms with E-state index in [4.69, 9.17) is 14.2 Å². The van der Waals surface area contributed by atoms with Crippen molar-refractivity contribution in [1.29, 1.82) is 0 Å². The molecule has 0 bridgehead atoms. The monoisotopic (exact) mass is 462 g/mol. The van der Waals surface area contributed by atoms with Crippen LogP contribution < -0.4 is 19.5 Å². The van der Waals surface area contributed by atoms with E-state index in [1.54, 1.807) is 49.6 Å². The minimum absolute atomic E-state index is 0.141. The van der Waals surface area contributed by atoms with Gasteiger partial charge in [0.1, 0.15) is 23.9 Å². The molecule has 8 nitrogen and oxygen atoms in total. The molecule has 1 saturated heterocycles. The van der Waals surface area contributed by atoms with Crippen molar-refractivity contribution in [1.82, 2.24) is 9.62 Å². The predicted octanol–water partition coefficient (Wildman–Crippen LogP) is 2.62. The maximum atomic E-state index is 12.8. The summed E-state index contributed by atoms with van der Waals surface area (Å²) in [6.45, 7) is 1.80.